The first-order valence-electron chi connectivity index (χ1n) is 11.0. The van der Waals surface area contributed by atoms with Crippen molar-refractivity contribution in [3.05, 3.63) is 36.5 Å². The third-order valence-corrected chi connectivity index (χ3v) is 4.88. The zero-order valence-corrected chi connectivity index (χ0v) is 17.7. The first-order chi connectivity index (χ1) is 13.7. The van der Waals surface area contributed by atoms with Crippen LogP contribution in [0.5, 0.6) is 0 Å². The highest BCUT2D eigenvalue weighted by molar-refractivity contribution is 5.82. The van der Waals surface area contributed by atoms with E-state index in [0.29, 0.717) is 26.1 Å². The normalized spacial score (nSPS) is 19.4. The number of carbonyl (C=O) groups excluding carboxylic acids is 2. The Morgan fingerprint density at radius 1 is 0.750 bits per heavy atom. The molecule has 158 valence electrons. The fraction of sp³-hybridized carbons (Fsp3) is 0.667. The van der Waals surface area contributed by atoms with E-state index in [9.17, 15) is 9.59 Å². The molecule has 0 aromatic heterocycles. The van der Waals surface area contributed by atoms with Crippen LogP contribution in [0.1, 0.15) is 78.1 Å². The molecule has 2 unspecified atom stereocenters. The van der Waals surface area contributed by atoms with Gasteiger partial charge in [-0.2, -0.15) is 0 Å². The van der Waals surface area contributed by atoms with Crippen molar-refractivity contribution in [3.63, 3.8) is 0 Å². The van der Waals surface area contributed by atoms with E-state index >= 15 is 0 Å². The summed E-state index contributed by atoms with van der Waals surface area (Å²) in [6, 6.07) is 0. The highest BCUT2D eigenvalue weighted by Crippen LogP contribution is 2.28. The lowest BCUT2D eigenvalue weighted by atomic mass is 9.83. The Hall–Kier alpha value is -1.84. The van der Waals surface area contributed by atoms with E-state index in [1.165, 1.54) is 25.7 Å². The summed E-state index contributed by atoms with van der Waals surface area (Å²) in [7, 11) is 0. The molecule has 4 nitrogen and oxygen atoms in total. The first-order valence-corrected chi connectivity index (χ1v) is 11.0. The molecule has 4 heteroatoms. The highest BCUT2D eigenvalue weighted by Gasteiger charge is 2.36. The predicted octanol–water partition coefficient (Wildman–Crippen LogP) is 5.93. The van der Waals surface area contributed by atoms with Crippen LogP contribution in [0.3, 0.4) is 0 Å². The zero-order valence-electron chi connectivity index (χ0n) is 17.7. The van der Waals surface area contributed by atoms with Crippen molar-refractivity contribution < 1.29 is 19.1 Å². The lowest BCUT2D eigenvalue weighted by Crippen LogP contribution is -2.34. The van der Waals surface area contributed by atoms with E-state index in [2.05, 4.69) is 38.2 Å². The summed E-state index contributed by atoms with van der Waals surface area (Å²) in [6.07, 6.45) is 21.7. The topological polar surface area (TPSA) is 52.6 Å². The molecule has 0 radical (unpaired) electrons. The monoisotopic (exact) mass is 390 g/mol. The van der Waals surface area contributed by atoms with Crippen LogP contribution in [0.4, 0.5) is 0 Å². The Kier molecular flexibility index (Phi) is 14.0. The Labute approximate surface area is 171 Å². The summed E-state index contributed by atoms with van der Waals surface area (Å²) in [5, 5.41) is 0. The van der Waals surface area contributed by atoms with Gasteiger partial charge in [-0.25, -0.2) is 0 Å². The van der Waals surface area contributed by atoms with Gasteiger partial charge < -0.3 is 9.47 Å². The molecule has 0 amide bonds. The number of rotatable bonds is 14. The molecule has 0 saturated heterocycles. The van der Waals surface area contributed by atoms with Crippen molar-refractivity contribution >= 4 is 11.9 Å². The van der Waals surface area contributed by atoms with Crippen LogP contribution >= 0.6 is 0 Å². The molecular formula is C24H38O4. The molecule has 1 rings (SSSR count). The van der Waals surface area contributed by atoms with E-state index in [4.69, 9.17) is 9.47 Å². The van der Waals surface area contributed by atoms with Crippen LogP contribution in [-0.2, 0) is 19.1 Å². The minimum atomic E-state index is -0.429. The molecule has 0 saturated carbocycles. The number of ether oxygens (including phenoxy) is 2. The lowest BCUT2D eigenvalue weighted by Gasteiger charge is -2.25. The van der Waals surface area contributed by atoms with Gasteiger partial charge in [0.2, 0.25) is 0 Å². The summed E-state index contributed by atoms with van der Waals surface area (Å²) in [6.45, 7) is 5.07. The second kappa shape index (κ2) is 16.1. The minimum Gasteiger partial charge on any atom is -0.465 e. The Balaban J connectivity index is 2.34. The first kappa shape index (κ1) is 24.2. The molecule has 1 aliphatic rings. The summed E-state index contributed by atoms with van der Waals surface area (Å²) < 4.78 is 10.8. The number of hydrogen-bond acceptors (Lipinski definition) is 4. The number of esters is 2. The van der Waals surface area contributed by atoms with E-state index in [0.717, 1.165) is 25.7 Å². The number of hydrogen-bond donors (Lipinski definition) is 0. The standard InChI is InChI=1S/C24H38O4/c1-3-5-7-9-11-15-19-27-23(25)21-17-13-14-18-22(21)24(26)28-20-16-12-10-8-6-4-2/h9-14,21-22H,3-8,15-20H2,1-2H3/b11-9+,12-10+. The smallest absolute Gasteiger partial charge is 0.310 e. The van der Waals surface area contributed by atoms with Crippen molar-refractivity contribution in [1.82, 2.24) is 0 Å². The van der Waals surface area contributed by atoms with Gasteiger partial charge in [-0.3, -0.25) is 9.59 Å². The molecule has 0 aliphatic heterocycles. The predicted molar refractivity (Wildman–Crippen MR) is 114 cm³/mol. The number of carbonyl (C=O) groups is 2. The van der Waals surface area contributed by atoms with Crippen LogP contribution in [0, 0.1) is 11.8 Å². The number of unbranched alkanes of at least 4 members (excludes halogenated alkanes) is 4. The lowest BCUT2D eigenvalue weighted by molar-refractivity contribution is -0.160. The van der Waals surface area contributed by atoms with Gasteiger partial charge in [-0.15, -0.1) is 0 Å². The van der Waals surface area contributed by atoms with Crippen molar-refractivity contribution in [1.29, 1.82) is 0 Å². The summed E-state index contributed by atoms with van der Waals surface area (Å²) in [5.41, 5.74) is 0. The fourth-order valence-corrected chi connectivity index (χ4v) is 3.12. The Morgan fingerprint density at radius 3 is 1.54 bits per heavy atom. The van der Waals surface area contributed by atoms with Crippen LogP contribution in [0.15, 0.2) is 36.5 Å². The molecule has 2 atom stereocenters. The maximum atomic E-state index is 12.4. The van der Waals surface area contributed by atoms with Crippen LogP contribution in [0.2, 0.25) is 0 Å². The Morgan fingerprint density at radius 2 is 1.14 bits per heavy atom. The largest absolute Gasteiger partial charge is 0.465 e. The van der Waals surface area contributed by atoms with Gasteiger partial charge in [0.05, 0.1) is 25.0 Å². The van der Waals surface area contributed by atoms with Gasteiger partial charge in [-0.05, 0) is 38.5 Å². The van der Waals surface area contributed by atoms with Gasteiger partial charge >= 0.3 is 11.9 Å². The van der Waals surface area contributed by atoms with Crippen molar-refractivity contribution in [3.8, 4) is 0 Å². The highest BCUT2D eigenvalue weighted by atomic mass is 16.5. The van der Waals surface area contributed by atoms with Crippen LogP contribution in [-0.4, -0.2) is 25.2 Å². The maximum Gasteiger partial charge on any atom is 0.310 e. The third kappa shape index (κ3) is 10.5. The van der Waals surface area contributed by atoms with Gasteiger partial charge in [0, 0.05) is 0 Å². The zero-order chi connectivity index (χ0) is 20.5. The molecule has 0 fully saturated rings. The SMILES string of the molecule is CCCC/C=C/CCOC(=O)C1CC=CCC1C(=O)OCC/C=C/CCCC. The Bertz CT molecular complexity index is 473. The molecule has 0 heterocycles. The van der Waals surface area contributed by atoms with E-state index in [-0.39, 0.29) is 11.9 Å². The van der Waals surface area contributed by atoms with E-state index in [1.54, 1.807) is 0 Å². The van der Waals surface area contributed by atoms with Crippen LogP contribution in [0.25, 0.3) is 0 Å². The summed E-state index contributed by atoms with van der Waals surface area (Å²) in [4.78, 5) is 24.9. The van der Waals surface area contributed by atoms with Gasteiger partial charge in [0.25, 0.3) is 0 Å². The molecule has 0 aromatic carbocycles. The molecular weight excluding hydrogens is 352 g/mol. The van der Waals surface area contributed by atoms with Gasteiger partial charge in [0.1, 0.15) is 0 Å². The molecule has 0 aromatic rings. The quantitative estimate of drug-likeness (QED) is 0.210. The van der Waals surface area contributed by atoms with Crippen molar-refractivity contribution in [2.24, 2.45) is 11.8 Å². The van der Waals surface area contributed by atoms with Gasteiger partial charge in [-0.1, -0.05) is 76.0 Å². The second-order valence-corrected chi connectivity index (χ2v) is 7.30. The molecule has 0 N–H and O–H groups in total. The summed E-state index contributed by atoms with van der Waals surface area (Å²) in [5.74, 6) is -1.43. The van der Waals surface area contributed by atoms with Gasteiger partial charge in [0.15, 0.2) is 0 Å². The van der Waals surface area contributed by atoms with Crippen LogP contribution < -0.4 is 0 Å². The molecule has 28 heavy (non-hydrogen) atoms. The van der Waals surface area contributed by atoms with Crippen molar-refractivity contribution in [2.75, 3.05) is 13.2 Å². The van der Waals surface area contributed by atoms with E-state index in [1.807, 2.05) is 12.2 Å². The minimum absolute atomic E-state index is 0.285. The fourth-order valence-electron chi connectivity index (χ4n) is 3.12. The average molecular weight is 391 g/mol. The molecule has 0 bridgehead atoms. The van der Waals surface area contributed by atoms with Crippen molar-refractivity contribution in [2.45, 2.75) is 78.1 Å². The maximum absolute atomic E-state index is 12.4. The third-order valence-electron chi connectivity index (χ3n) is 4.88. The second-order valence-electron chi connectivity index (χ2n) is 7.30. The number of allylic oxidation sites excluding steroid dienone is 4. The molecule has 1 aliphatic carbocycles. The average Bonchev–Trinajstić information content (AvgIpc) is 2.72. The van der Waals surface area contributed by atoms with E-state index < -0.39 is 11.8 Å². The molecule has 0 spiro atoms. The summed E-state index contributed by atoms with van der Waals surface area (Å²) >= 11 is 0.